The first-order chi connectivity index (χ1) is 7.89. The molecule has 0 aliphatic carbocycles. The van der Waals surface area contributed by atoms with Gasteiger partial charge in [-0.25, -0.2) is 0 Å². The predicted molar refractivity (Wildman–Crippen MR) is 73.2 cm³/mol. The van der Waals surface area contributed by atoms with Crippen LogP contribution in [0, 0.1) is 5.41 Å². The predicted octanol–water partition coefficient (Wildman–Crippen LogP) is 1.81. The molecule has 2 atom stereocenters. The minimum atomic E-state index is 0.295. The molecule has 3 nitrogen and oxygen atoms in total. The van der Waals surface area contributed by atoms with Crippen LogP contribution in [0.3, 0.4) is 0 Å². The SMILES string of the molecule is CCC(C)N1CC(CCO)N(C)CC(C)(C)C1. The highest BCUT2D eigenvalue weighted by Gasteiger charge is 2.33. The monoisotopic (exact) mass is 242 g/mol. The van der Waals surface area contributed by atoms with Gasteiger partial charge >= 0.3 is 0 Å². The molecule has 1 N–H and O–H groups in total. The molecule has 0 amide bonds. The summed E-state index contributed by atoms with van der Waals surface area (Å²) < 4.78 is 0. The Bertz CT molecular complexity index is 230. The van der Waals surface area contributed by atoms with E-state index in [1.165, 1.54) is 6.42 Å². The van der Waals surface area contributed by atoms with E-state index in [4.69, 9.17) is 0 Å². The van der Waals surface area contributed by atoms with E-state index in [0.717, 1.165) is 26.1 Å². The molecule has 3 heteroatoms. The largest absolute Gasteiger partial charge is 0.396 e. The van der Waals surface area contributed by atoms with E-state index in [-0.39, 0.29) is 0 Å². The summed E-state index contributed by atoms with van der Waals surface area (Å²) in [6, 6.07) is 1.14. The van der Waals surface area contributed by atoms with Crippen LogP contribution in [0.2, 0.25) is 0 Å². The van der Waals surface area contributed by atoms with Gasteiger partial charge < -0.3 is 10.0 Å². The van der Waals surface area contributed by atoms with E-state index in [1.54, 1.807) is 0 Å². The topological polar surface area (TPSA) is 26.7 Å². The second-order valence-corrected chi connectivity index (χ2v) is 6.43. The van der Waals surface area contributed by atoms with Crippen LogP contribution in [0.15, 0.2) is 0 Å². The molecule has 0 spiro atoms. The molecule has 0 aromatic rings. The van der Waals surface area contributed by atoms with Crippen LogP contribution in [-0.4, -0.2) is 60.3 Å². The van der Waals surface area contributed by atoms with Gasteiger partial charge in [0.05, 0.1) is 0 Å². The lowest BCUT2D eigenvalue weighted by atomic mass is 9.92. The molecule has 1 aliphatic heterocycles. The Morgan fingerprint density at radius 1 is 1.35 bits per heavy atom. The van der Waals surface area contributed by atoms with Crippen molar-refractivity contribution in [2.24, 2.45) is 5.41 Å². The minimum Gasteiger partial charge on any atom is -0.396 e. The van der Waals surface area contributed by atoms with Crippen LogP contribution >= 0.6 is 0 Å². The summed E-state index contributed by atoms with van der Waals surface area (Å²) in [5.74, 6) is 0. The highest BCUT2D eigenvalue weighted by molar-refractivity contribution is 4.88. The zero-order valence-electron chi connectivity index (χ0n) is 12.2. The van der Waals surface area contributed by atoms with Crippen molar-refractivity contribution in [2.45, 2.75) is 52.6 Å². The van der Waals surface area contributed by atoms with Crippen LogP contribution in [0.4, 0.5) is 0 Å². The van der Waals surface area contributed by atoms with Gasteiger partial charge in [-0.2, -0.15) is 0 Å². The van der Waals surface area contributed by atoms with Crippen molar-refractivity contribution in [1.29, 1.82) is 0 Å². The average molecular weight is 242 g/mol. The Kier molecular flexibility index (Phi) is 5.42. The summed E-state index contributed by atoms with van der Waals surface area (Å²) in [4.78, 5) is 5.03. The molecule has 1 saturated heterocycles. The quantitative estimate of drug-likeness (QED) is 0.814. The third-order valence-electron chi connectivity index (χ3n) is 4.05. The van der Waals surface area contributed by atoms with Gasteiger partial charge in [0.2, 0.25) is 0 Å². The maximum Gasteiger partial charge on any atom is 0.0446 e. The average Bonchev–Trinajstić information content (AvgIpc) is 2.35. The number of aliphatic hydroxyl groups is 1. The van der Waals surface area contributed by atoms with Crippen molar-refractivity contribution in [3.63, 3.8) is 0 Å². The third-order valence-corrected chi connectivity index (χ3v) is 4.05. The van der Waals surface area contributed by atoms with Crippen molar-refractivity contribution in [3.8, 4) is 0 Å². The summed E-state index contributed by atoms with van der Waals surface area (Å²) in [5, 5.41) is 9.20. The molecule has 2 unspecified atom stereocenters. The molecule has 102 valence electrons. The van der Waals surface area contributed by atoms with Gasteiger partial charge in [0, 0.05) is 38.3 Å². The maximum absolute atomic E-state index is 9.20. The van der Waals surface area contributed by atoms with Gasteiger partial charge in [-0.05, 0) is 32.2 Å². The summed E-state index contributed by atoms with van der Waals surface area (Å²) in [5.41, 5.74) is 0.336. The molecule has 0 aromatic heterocycles. The zero-order valence-corrected chi connectivity index (χ0v) is 12.2. The van der Waals surface area contributed by atoms with Crippen LogP contribution in [-0.2, 0) is 0 Å². The van der Waals surface area contributed by atoms with Gasteiger partial charge in [-0.15, -0.1) is 0 Å². The summed E-state index contributed by atoms with van der Waals surface area (Å²) in [6.07, 6.45) is 2.09. The van der Waals surface area contributed by atoms with Crippen molar-refractivity contribution in [2.75, 3.05) is 33.3 Å². The lowest BCUT2D eigenvalue weighted by Gasteiger charge is -2.33. The number of hydrogen-bond acceptors (Lipinski definition) is 3. The van der Waals surface area contributed by atoms with E-state index in [9.17, 15) is 5.11 Å². The molecule has 1 heterocycles. The number of aliphatic hydroxyl groups excluding tert-OH is 1. The van der Waals surface area contributed by atoms with E-state index in [2.05, 4.69) is 44.5 Å². The van der Waals surface area contributed by atoms with E-state index < -0.39 is 0 Å². The molecule has 0 saturated carbocycles. The Labute approximate surface area is 107 Å². The van der Waals surface area contributed by atoms with Crippen molar-refractivity contribution in [1.82, 2.24) is 9.80 Å². The second kappa shape index (κ2) is 6.17. The standard InChI is InChI=1S/C14H30N2O/c1-6-12(2)16-9-13(7-8-17)15(5)10-14(3,4)11-16/h12-13,17H,6-11H2,1-5H3. The molecule has 1 fully saturated rings. The van der Waals surface area contributed by atoms with Crippen molar-refractivity contribution >= 4 is 0 Å². The molecular weight excluding hydrogens is 212 g/mol. The Balaban J connectivity index is 2.78. The number of rotatable bonds is 4. The Hall–Kier alpha value is -0.120. The van der Waals surface area contributed by atoms with Crippen molar-refractivity contribution in [3.05, 3.63) is 0 Å². The third kappa shape index (κ3) is 4.23. The first kappa shape index (κ1) is 14.9. The first-order valence-corrected chi connectivity index (χ1v) is 6.94. The zero-order chi connectivity index (χ0) is 13.1. The molecule has 17 heavy (non-hydrogen) atoms. The molecule has 0 aromatic carbocycles. The van der Waals surface area contributed by atoms with Crippen LogP contribution in [0.5, 0.6) is 0 Å². The Morgan fingerprint density at radius 2 is 2.00 bits per heavy atom. The Morgan fingerprint density at radius 3 is 2.53 bits per heavy atom. The maximum atomic E-state index is 9.20. The number of nitrogens with zero attached hydrogens (tertiary/aromatic N) is 2. The van der Waals surface area contributed by atoms with Gasteiger partial charge in [-0.1, -0.05) is 20.8 Å². The van der Waals surface area contributed by atoms with Gasteiger partial charge in [-0.3, -0.25) is 4.90 Å². The smallest absolute Gasteiger partial charge is 0.0446 e. The van der Waals surface area contributed by atoms with Crippen LogP contribution in [0.1, 0.15) is 40.5 Å². The minimum absolute atomic E-state index is 0.295. The number of likely N-dealkylation sites (N-methyl/N-ethyl adjacent to an activating group) is 1. The summed E-state index contributed by atoms with van der Waals surface area (Å²) >= 11 is 0. The normalized spacial score (nSPS) is 28.9. The molecule has 0 bridgehead atoms. The van der Waals surface area contributed by atoms with E-state index in [0.29, 0.717) is 24.1 Å². The molecule has 1 aliphatic rings. The highest BCUT2D eigenvalue weighted by atomic mass is 16.3. The van der Waals surface area contributed by atoms with Gasteiger partial charge in [0.1, 0.15) is 0 Å². The van der Waals surface area contributed by atoms with Gasteiger partial charge in [0.25, 0.3) is 0 Å². The molecular formula is C14H30N2O. The fourth-order valence-electron chi connectivity index (χ4n) is 2.93. The second-order valence-electron chi connectivity index (χ2n) is 6.43. The molecule has 0 radical (unpaired) electrons. The van der Waals surface area contributed by atoms with Crippen LogP contribution in [0.25, 0.3) is 0 Å². The lowest BCUT2D eigenvalue weighted by Crippen LogP contribution is -2.42. The first-order valence-electron chi connectivity index (χ1n) is 6.94. The molecule has 1 rings (SSSR count). The van der Waals surface area contributed by atoms with E-state index in [1.807, 2.05) is 0 Å². The van der Waals surface area contributed by atoms with Gasteiger partial charge in [0.15, 0.2) is 0 Å². The lowest BCUT2D eigenvalue weighted by molar-refractivity contribution is 0.142. The van der Waals surface area contributed by atoms with E-state index >= 15 is 0 Å². The van der Waals surface area contributed by atoms with Crippen molar-refractivity contribution < 1.29 is 5.11 Å². The fourth-order valence-corrected chi connectivity index (χ4v) is 2.93. The highest BCUT2D eigenvalue weighted by Crippen LogP contribution is 2.26. The fraction of sp³-hybridized carbons (Fsp3) is 1.00. The summed E-state index contributed by atoms with van der Waals surface area (Å²) in [7, 11) is 2.20. The number of hydrogen-bond donors (Lipinski definition) is 1. The summed E-state index contributed by atoms with van der Waals surface area (Å²) in [6.45, 7) is 12.9. The van der Waals surface area contributed by atoms with Crippen LogP contribution < -0.4 is 0 Å².